The largest absolute Gasteiger partial charge is 0.381 e. The Bertz CT molecular complexity index is 295. The van der Waals surface area contributed by atoms with E-state index < -0.39 is 11.8 Å². The van der Waals surface area contributed by atoms with Crippen molar-refractivity contribution in [2.24, 2.45) is 5.92 Å². The summed E-state index contributed by atoms with van der Waals surface area (Å²) in [7, 11) is 0. The van der Waals surface area contributed by atoms with E-state index in [2.05, 4.69) is 10.6 Å². The second kappa shape index (κ2) is 6.70. The van der Waals surface area contributed by atoms with Crippen molar-refractivity contribution in [2.45, 2.75) is 12.8 Å². The van der Waals surface area contributed by atoms with Crippen LogP contribution in [-0.2, 0) is 14.3 Å². The SMILES string of the molecule is O=C(NCC1CCOC1)C(=O)N1CCCNCC1. The highest BCUT2D eigenvalue weighted by Gasteiger charge is 2.24. The molecule has 2 fully saturated rings. The van der Waals surface area contributed by atoms with Crippen LogP contribution in [0.1, 0.15) is 12.8 Å². The van der Waals surface area contributed by atoms with E-state index in [-0.39, 0.29) is 0 Å². The Morgan fingerprint density at radius 3 is 3.00 bits per heavy atom. The van der Waals surface area contributed by atoms with E-state index in [0.29, 0.717) is 32.2 Å². The molecule has 102 valence electrons. The van der Waals surface area contributed by atoms with Crippen molar-refractivity contribution < 1.29 is 14.3 Å². The molecular weight excluding hydrogens is 234 g/mol. The monoisotopic (exact) mass is 255 g/mol. The van der Waals surface area contributed by atoms with Gasteiger partial charge in [0, 0.05) is 38.7 Å². The minimum atomic E-state index is -0.483. The Kier molecular flexibility index (Phi) is 4.95. The van der Waals surface area contributed by atoms with E-state index >= 15 is 0 Å². The molecule has 0 aliphatic carbocycles. The highest BCUT2D eigenvalue weighted by molar-refractivity contribution is 6.35. The molecule has 0 radical (unpaired) electrons. The van der Waals surface area contributed by atoms with Crippen LogP contribution in [0.4, 0.5) is 0 Å². The van der Waals surface area contributed by atoms with E-state index in [0.717, 1.165) is 32.5 Å². The molecule has 0 aromatic rings. The summed E-state index contributed by atoms with van der Waals surface area (Å²) in [5.41, 5.74) is 0. The average Bonchev–Trinajstić information content (AvgIpc) is 2.75. The van der Waals surface area contributed by atoms with Crippen LogP contribution in [0, 0.1) is 5.92 Å². The quantitative estimate of drug-likeness (QED) is 0.618. The van der Waals surface area contributed by atoms with E-state index in [9.17, 15) is 9.59 Å². The molecule has 6 heteroatoms. The molecule has 1 atom stereocenters. The molecule has 0 saturated carbocycles. The molecule has 0 spiro atoms. The molecule has 0 aromatic carbocycles. The highest BCUT2D eigenvalue weighted by Crippen LogP contribution is 2.10. The number of carbonyl (C=O) groups excluding carboxylic acids is 2. The summed E-state index contributed by atoms with van der Waals surface area (Å²) in [6.45, 7) is 4.91. The molecule has 2 saturated heterocycles. The Balaban J connectivity index is 1.74. The van der Waals surface area contributed by atoms with E-state index in [1.165, 1.54) is 0 Å². The summed E-state index contributed by atoms with van der Waals surface area (Å²) in [5, 5.41) is 5.92. The third-order valence-electron chi connectivity index (χ3n) is 3.40. The van der Waals surface area contributed by atoms with Crippen molar-refractivity contribution in [3.63, 3.8) is 0 Å². The molecule has 2 aliphatic heterocycles. The topological polar surface area (TPSA) is 70.7 Å². The average molecular weight is 255 g/mol. The van der Waals surface area contributed by atoms with E-state index in [1.807, 2.05) is 0 Å². The van der Waals surface area contributed by atoms with Gasteiger partial charge >= 0.3 is 11.8 Å². The number of hydrogen-bond donors (Lipinski definition) is 2. The summed E-state index contributed by atoms with van der Waals surface area (Å²) in [4.78, 5) is 25.3. The lowest BCUT2D eigenvalue weighted by Gasteiger charge is -2.19. The zero-order valence-electron chi connectivity index (χ0n) is 10.6. The Labute approximate surface area is 107 Å². The standard InChI is InChI=1S/C12H21N3O3/c16-11(14-8-10-2-7-18-9-10)12(17)15-5-1-3-13-4-6-15/h10,13H,1-9H2,(H,14,16). The first-order chi connectivity index (χ1) is 8.77. The van der Waals surface area contributed by atoms with Gasteiger partial charge in [-0.1, -0.05) is 0 Å². The molecule has 1 unspecified atom stereocenters. The van der Waals surface area contributed by atoms with Crippen LogP contribution in [-0.4, -0.2) is 62.7 Å². The van der Waals surface area contributed by atoms with Crippen molar-refractivity contribution >= 4 is 11.8 Å². The van der Waals surface area contributed by atoms with Gasteiger partial charge < -0.3 is 20.3 Å². The van der Waals surface area contributed by atoms with Gasteiger partial charge in [-0.05, 0) is 19.4 Å². The zero-order chi connectivity index (χ0) is 12.8. The van der Waals surface area contributed by atoms with Crippen LogP contribution in [0.2, 0.25) is 0 Å². The van der Waals surface area contributed by atoms with Gasteiger partial charge in [-0.25, -0.2) is 0 Å². The fourth-order valence-electron chi connectivity index (χ4n) is 2.25. The minimum Gasteiger partial charge on any atom is -0.381 e. The summed E-state index contributed by atoms with van der Waals surface area (Å²) >= 11 is 0. The summed E-state index contributed by atoms with van der Waals surface area (Å²) in [6, 6.07) is 0. The Morgan fingerprint density at radius 2 is 2.22 bits per heavy atom. The van der Waals surface area contributed by atoms with Gasteiger partial charge in [0.1, 0.15) is 0 Å². The molecule has 0 aromatic heterocycles. The number of carbonyl (C=O) groups is 2. The van der Waals surface area contributed by atoms with Crippen LogP contribution in [0.5, 0.6) is 0 Å². The van der Waals surface area contributed by atoms with Crippen molar-refractivity contribution in [1.82, 2.24) is 15.5 Å². The number of rotatable bonds is 2. The van der Waals surface area contributed by atoms with Gasteiger partial charge in [0.25, 0.3) is 0 Å². The van der Waals surface area contributed by atoms with Crippen molar-refractivity contribution in [3.8, 4) is 0 Å². The fourth-order valence-corrected chi connectivity index (χ4v) is 2.25. The maximum Gasteiger partial charge on any atom is 0.311 e. The number of nitrogens with zero attached hydrogens (tertiary/aromatic N) is 1. The van der Waals surface area contributed by atoms with Crippen LogP contribution < -0.4 is 10.6 Å². The predicted octanol–water partition coefficient (Wildman–Crippen LogP) is -1.04. The number of nitrogens with one attached hydrogen (secondary N) is 2. The van der Waals surface area contributed by atoms with Gasteiger partial charge in [-0.15, -0.1) is 0 Å². The molecule has 0 bridgehead atoms. The van der Waals surface area contributed by atoms with Crippen LogP contribution in [0.25, 0.3) is 0 Å². The molecule has 18 heavy (non-hydrogen) atoms. The second-order valence-electron chi connectivity index (χ2n) is 4.84. The molecular formula is C12H21N3O3. The smallest absolute Gasteiger partial charge is 0.311 e. The van der Waals surface area contributed by atoms with Gasteiger partial charge in [0.15, 0.2) is 0 Å². The zero-order valence-corrected chi connectivity index (χ0v) is 10.6. The summed E-state index contributed by atoms with van der Waals surface area (Å²) < 4.78 is 5.23. The maximum atomic E-state index is 11.9. The number of hydrogen-bond acceptors (Lipinski definition) is 4. The van der Waals surface area contributed by atoms with Crippen molar-refractivity contribution in [2.75, 3.05) is 45.9 Å². The third-order valence-corrected chi connectivity index (χ3v) is 3.40. The first kappa shape index (κ1) is 13.3. The van der Waals surface area contributed by atoms with Crippen LogP contribution >= 0.6 is 0 Å². The van der Waals surface area contributed by atoms with E-state index in [4.69, 9.17) is 4.74 Å². The van der Waals surface area contributed by atoms with Gasteiger partial charge in [0.2, 0.25) is 0 Å². The van der Waals surface area contributed by atoms with Gasteiger partial charge in [0.05, 0.1) is 6.61 Å². The molecule has 2 aliphatic rings. The summed E-state index contributed by atoms with van der Waals surface area (Å²) in [6.07, 6.45) is 1.86. The third kappa shape index (κ3) is 3.68. The number of amides is 2. The molecule has 2 amide bonds. The fraction of sp³-hybridized carbons (Fsp3) is 0.833. The first-order valence-corrected chi connectivity index (χ1v) is 6.63. The Morgan fingerprint density at radius 1 is 1.33 bits per heavy atom. The highest BCUT2D eigenvalue weighted by atomic mass is 16.5. The lowest BCUT2D eigenvalue weighted by molar-refractivity contribution is -0.145. The predicted molar refractivity (Wildman–Crippen MR) is 66.0 cm³/mol. The van der Waals surface area contributed by atoms with E-state index in [1.54, 1.807) is 4.90 Å². The minimum absolute atomic E-state index is 0.354. The van der Waals surface area contributed by atoms with Gasteiger partial charge in [-0.2, -0.15) is 0 Å². The second-order valence-corrected chi connectivity index (χ2v) is 4.84. The normalized spacial score (nSPS) is 24.7. The summed E-state index contributed by atoms with van der Waals surface area (Å²) in [5.74, 6) is -0.533. The van der Waals surface area contributed by atoms with Crippen molar-refractivity contribution in [3.05, 3.63) is 0 Å². The molecule has 2 heterocycles. The Hall–Kier alpha value is -1.14. The van der Waals surface area contributed by atoms with Crippen LogP contribution in [0.15, 0.2) is 0 Å². The van der Waals surface area contributed by atoms with Gasteiger partial charge in [-0.3, -0.25) is 9.59 Å². The van der Waals surface area contributed by atoms with Crippen LogP contribution in [0.3, 0.4) is 0 Å². The van der Waals surface area contributed by atoms with Crippen molar-refractivity contribution in [1.29, 1.82) is 0 Å². The molecule has 6 nitrogen and oxygen atoms in total. The molecule has 2 rings (SSSR count). The molecule has 2 N–H and O–H groups in total. The lowest BCUT2D eigenvalue weighted by atomic mass is 10.1. The number of ether oxygens (including phenoxy) is 1. The lowest BCUT2D eigenvalue weighted by Crippen LogP contribution is -2.45. The maximum absolute atomic E-state index is 11.9. The first-order valence-electron chi connectivity index (χ1n) is 6.63.